The van der Waals surface area contributed by atoms with Crippen molar-refractivity contribution in [1.29, 1.82) is 0 Å². The van der Waals surface area contributed by atoms with Crippen LogP contribution in [0.4, 0.5) is 0 Å². The maximum absolute atomic E-state index is 11.1. The molecule has 0 unspecified atom stereocenters. The molecule has 13 heavy (non-hydrogen) atoms. The van der Waals surface area contributed by atoms with Crippen LogP contribution in [0.25, 0.3) is 0 Å². The van der Waals surface area contributed by atoms with Crippen LogP contribution in [0.2, 0.25) is 0 Å². The Morgan fingerprint density at radius 3 is 2.54 bits per heavy atom. The molecule has 0 atom stereocenters. The lowest BCUT2D eigenvalue weighted by atomic mass is 10.2. The van der Waals surface area contributed by atoms with Gasteiger partial charge < -0.3 is 10.1 Å². The van der Waals surface area contributed by atoms with Crippen LogP contribution in [0, 0.1) is 0 Å². The molecule has 0 aromatic carbocycles. The molecule has 0 saturated heterocycles. The third kappa shape index (κ3) is 6.34. The van der Waals surface area contributed by atoms with Crippen LogP contribution in [0.5, 0.6) is 0 Å². The van der Waals surface area contributed by atoms with Crippen molar-refractivity contribution in [1.82, 2.24) is 5.32 Å². The molecule has 0 rings (SSSR count). The minimum atomic E-state index is 0.168. The zero-order valence-corrected chi connectivity index (χ0v) is 8.72. The van der Waals surface area contributed by atoms with Crippen LogP contribution in [0.3, 0.4) is 0 Å². The van der Waals surface area contributed by atoms with E-state index in [9.17, 15) is 4.79 Å². The van der Waals surface area contributed by atoms with Crippen molar-refractivity contribution in [2.24, 2.45) is 0 Å². The molecule has 0 aromatic rings. The number of hydrogen-bond acceptors (Lipinski definition) is 3. The SMILES string of the molecule is CCC(=O)C=C(CC)NCCOC. The number of ether oxygens (including phenoxy) is 1. The minimum Gasteiger partial charge on any atom is -0.386 e. The van der Waals surface area contributed by atoms with Gasteiger partial charge in [-0.15, -0.1) is 0 Å². The van der Waals surface area contributed by atoms with Crippen molar-refractivity contribution in [3.8, 4) is 0 Å². The number of carbonyl (C=O) groups is 1. The van der Waals surface area contributed by atoms with Gasteiger partial charge in [0.05, 0.1) is 6.61 Å². The number of methoxy groups -OCH3 is 1. The fourth-order valence-corrected chi connectivity index (χ4v) is 0.888. The number of hydrogen-bond donors (Lipinski definition) is 1. The molecule has 0 aliphatic heterocycles. The van der Waals surface area contributed by atoms with Gasteiger partial charge in [0.2, 0.25) is 0 Å². The Morgan fingerprint density at radius 2 is 2.08 bits per heavy atom. The van der Waals surface area contributed by atoms with E-state index >= 15 is 0 Å². The van der Waals surface area contributed by atoms with Crippen LogP contribution >= 0.6 is 0 Å². The first-order chi connectivity index (χ1) is 6.24. The molecule has 1 N–H and O–H groups in total. The molecule has 0 radical (unpaired) electrons. The Hall–Kier alpha value is -0.830. The summed E-state index contributed by atoms with van der Waals surface area (Å²) in [5.74, 6) is 0.168. The molecule has 0 aromatic heterocycles. The van der Waals surface area contributed by atoms with Gasteiger partial charge >= 0.3 is 0 Å². The maximum Gasteiger partial charge on any atom is 0.157 e. The molecule has 0 fully saturated rings. The largest absolute Gasteiger partial charge is 0.386 e. The van der Waals surface area contributed by atoms with Crippen LogP contribution in [0.1, 0.15) is 26.7 Å². The first-order valence-corrected chi connectivity index (χ1v) is 4.70. The van der Waals surface area contributed by atoms with Crippen molar-refractivity contribution in [3.63, 3.8) is 0 Å². The van der Waals surface area contributed by atoms with Gasteiger partial charge in [0.15, 0.2) is 5.78 Å². The number of rotatable bonds is 7. The van der Waals surface area contributed by atoms with E-state index < -0.39 is 0 Å². The summed E-state index contributed by atoms with van der Waals surface area (Å²) < 4.78 is 4.89. The van der Waals surface area contributed by atoms with Gasteiger partial charge in [-0.05, 0) is 12.5 Å². The van der Waals surface area contributed by atoms with Crippen molar-refractivity contribution in [2.75, 3.05) is 20.3 Å². The topological polar surface area (TPSA) is 38.3 Å². The Bertz CT molecular complexity index is 176. The van der Waals surface area contributed by atoms with E-state index in [-0.39, 0.29) is 5.78 Å². The normalized spacial score (nSPS) is 11.5. The summed E-state index contributed by atoms with van der Waals surface area (Å²) in [6.45, 7) is 5.31. The fraction of sp³-hybridized carbons (Fsp3) is 0.700. The van der Waals surface area contributed by atoms with Crippen LogP contribution < -0.4 is 5.32 Å². The molecule has 3 heteroatoms. The van der Waals surface area contributed by atoms with E-state index in [2.05, 4.69) is 5.32 Å². The van der Waals surface area contributed by atoms with E-state index in [4.69, 9.17) is 4.74 Å². The molecule has 3 nitrogen and oxygen atoms in total. The zero-order chi connectivity index (χ0) is 10.1. The molecule has 0 amide bonds. The first kappa shape index (κ1) is 12.2. The monoisotopic (exact) mass is 185 g/mol. The van der Waals surface area contributed by atoms with E-state index in [1.807, 2.05) is 13.8 Å². The second-order valence-electron chi connectivity index (χ2n) is 2.76. The summed E-state index contributed by atoms with van der Waals surface area (Å²) >= 11 is 0. The first-order valence-electron chi connectivity index (χ1n) is 4.70. The third-order valence-corrected chi connectivity index (χ3v) is 1.72. The predicted molar refractivity (Wildman–Crippen MR) is 53.6 cm³/mol. The summed E-state index contributed by atoms with van der Waals surface area (Å²) in [5.41, 5.74) is 0.990. The van der Waals surface area contributed by atoms with Gasteiger partial charge in [0, 0.05) is 25.8 Å². The Labute approximate surface area is 80.2 Å². The maximum atomic E-state index is 11.1. The van der Waals surface area contributed by atoms with Crippen molar-refractivity contribution in [2.45, 2.75) is 26.7 Å². The predicted octanol–water partition coefficient (Wildman–Crippen LogP) is 1.50. The molecule has 0 aliphatic carbocycles. The van der Waals surface area contributed by atoms with E-state index in [0.717, 1.165) is 18.7 Å². The molecule has 0 bridgehead atoms. The van der Waals surface area contributed by atoms with Crippen molar-refractivity contribution >= 4 is 5.78 Å². The second kappa shape index (κ2) is 7.80. The Morgan fingerprint density at radius 1 is 1.38 bits per heavy atom. The standard InChI is InChI=1S/C10H19NO2/c1-4-9(8-10(12)5-2)11-6-7-13-3/h8,11H,4-7H2,1-3H3. The van der Waals surface area contributed by atoms with Gasteiger partial charge in [0.1, 0.15) is 0 Å². The average Bonchev–Trinajstić information content (AvgIpc) is 2.16. The van der Waals surface area contributed by atoms with Crippen LogP contribution in [0.15, 0.2) is 11.8 Å². The highest BCUT2D eigenvalue weighted by atomic mass is 16.5. The molecule has 0 saturated carbocycles. The lowest BCUT2D eigenvalue weighted by Gasteiger charge is -2.07. The summed E-state index contributed by atoms with van der Waals surface area (Å²) in [5, 5.41) is 3.15. The van der Waals surface area contributed by atoms with Gasteiger partial charge in [0.25, 0.3) is 0 Å². The minimum absolute atomic E-state index is 0.168. The van der Waals surface area contributed by atoms with Crippen LogP contribution in [-0.4, -0.2) is 26.0 Å². The van der Waals surface area contributed by atoms with E-state index in [1.165, 1.54) is 0 Å². The highest BCUT2D eigenvalue weighted by Gasteiger charge is 1.97. The highest BCUT2D eigenvalue weighted by molar-refractivity contribution is 5.89. The third-order valence-electron chi connectivity index (χ3n) is 1.72. The Balaban J connectivity index is 3.87. The lowest BCUT2D eigenvalue weighted by Crippen LogP contribution is -2.19. The van der Waals surface area contributed by atoms with Gasteiger partial charge in [-0.2, -0.15) is 0 Å². The molecule has 0 spiro atoms. The summed E-state index contributed by atoms with van der Waals surface area (Å²) in [4.78, 5) is 11.1. The van der Waals surface area contributed by atoms with Crippen molar-refractivity contribution < 1.29 is 9.53 Å². The molecular weight excluding hydrogens is 166 g/mol. The number of nitrogens with one attached hydrogen (secondary N) is 1. The fourth-order valence-electron chi connectivity index (χ4n) is 0.888. The van der Waals surface area contributed by atoms with E-state index in [1.54, 1.807) is 13.2 Å². The second-order valence-corrected chi connectivity index (χ2v) is 2.76. The quantitative estimate of drug-likeness (QED) is 0.482. The van der Waals surface area contributed by atoms with Gasteiger partial charge in [-0.1, -0.05) is 13.8 Å². The highest BCUT2D eigenvalue weighted by Crippen LogP contribution is 1.96. The molecule has 76 valence electrons. The summed E-state index contributed by atoms with van der Waals surface area (Å²) in [6.07, 6.45) is 3.10. The summed E-state index contributed by atoms with van der Waals surface area (Å²) in [7, 11) is 1.66. The molecule has 0 heterocycles. The zero-order valence-electron chi connectivity index (χ0n) is 8.72. The van der Waals surface area contributed by atoms with Crippen LogP contribution in [-0.2, 0) is 9.53 Å². The lowest BCUT2D eigenvalue weighted by molar-refractivity contribution is -0.114. The molecular formula is C10H19NO2. The van der Waals surface area contributed by atoms with Crippen molar-refractivity contribution in [3.05, 3.63) is 11.8 Å². The Kier molecular flexibility index (Phi) is 7.30. The van der Waals surface area contributed by atoms with Gasteiger partial charge in [-0.3, -0.25) is 4.79 Å². The summed E-state index contributed by atoms with van der Waals surface area (Å²) in [6, 6.07) is 0. The number of ketones is 1. The molecule has 0 aliphatic rings. The smallest absolute Gasteiger partial charge is 0.157 e. The number of carbonyl (C=O) groups excluding carboxylic acids is 1. The average molecular weight is 185 g/mol. The van der Waals surface area contributed by atoms with Gasteiger partial charge in [-0.25, -0.2) is 0 Å². The number of allylic oxidation sites excluding steroid dienone is 2. The van der Waals surface area contributed by atoms with E-state index in [0.29, 0.717) is 13.0 Å².